The molecule has 1 rings (SSSR count). The van der Waals surface area contributed by atoms with Gasteiger partial charge in [0.25, 0.3) is 0 Å². The summed E-state index contributed by atoms with van der Waals surface area (Å²) in [7, 11) is 0. The Labute approximate surface area is 112 Å². The Morgan fingerprint density at radius 1 is 1.61 bits per heavy atom. The summed E-state index contributed by atoms with van der Waals surface area (Å²) < 4.78 is 0. The normalized spacial score (nSPS) is 12.2. The molecule has 5 nitrogen and oxygen atoms in total. The Bertz CT molecular complexity index is 381. The highest BCUT2D eigenvalue weighted by Gasteiger charge is 2.16. The van der Waals surface area contributed by atoms with Crippen molar-refractivity contribution in [2.45, 2.75) is 33.2 Å². The fourth-order valence-electron chi connectivity index (χ4n) is 1.55. The number of hydrogen-bond acceptors (Lipinski definition) is 4. The van der Waals surface area contributed by atoms with E-state index in [9.17, 15) is 4.79 Å². The summed E-state index contributed by atoms with van der Waals surface area (Å²) in [5.74, 6) is 0. The molecule has 2 amide bonds. The van der Waals surface area contributed by atoms with E-state index in [-0.39, 0.29) is 18.7 Å². The van der Waals surface area contributed by atoms with E-state index < -0.39 is 0 Å². The van der Waals surface area contributed by atoms with Crippen molar-refractivity contribution in [2.75, 3.05) is 19.7 Å². The first-order chi connectivity index (χ1) is 8.62. The van der Waals surface area contributed by atoms with Gasteiger partial charge in [-0.25, -0.2) is 9.78 Å². The molecule has 0 fully saturated rings. The maximum absolute atomic E-state index is 11.9. The van der Waals surface area contributed by atoms with Gasteiger partial charge in [-0.05, 0) is 20.3 Å². The molecule has 0 aromatic carbocycles. The average molecular weight is 271 g/mol. The molecule has 0 aliphatic heterocycles. The minimum absolute atomic E-state index is 0.0210. The van der Waals surface area contributed by atoms with Crippen LogP contribution in [-0.2, 0) is 6.42 Å². The van der Waals surface area contributed by atoms with Crippen LogP contribution >= 0.6 is 11.3 Å². The standard InChI is InChI=1S/C12H21N3O2S/c1-4-10-8-13-11(18-10)9(3)14-12(17)15(5-2)6-7-16/h8-9,16H,4-7H2,1-3H3,(H,14,17). The summed E-state index contributed by atoms with van der Waals surface area (Å²) in [4.78, 5) is 19.0. The van der Waals surface area contributed by atoms with Crippen LogP contribution in [0, 0.1) is 0 Å². The van der Waals surface area contributed by atoms with Crippen LogP contribution in [0.2, 0.25) is 0 Å². The second-order valence-corrected chi connectivity index (χ2v) is 5.14. The maximum atomic E-state index is 11.9. The molecule has 0 radical (unpaired) electrons. The van der Waals surface area contributed by atoms with Crippen LogP contribution in [0.5, 0.6) is 0 Å². The van der Waals surface area contributed by atoms with Gasteiger partial charge in [-0.2, -0.15) is 0 Å². The molecule has 18 heavy (non-hydrogen) atoms. The largest absolute Gasteiger partial charge is 0.395 e. The number of hydrogen-bond donors (Lipinski definition) is 2. The minimum atomic E-state index is -0.160. The zero-order valence-electron chi connectivity index (χ0n) is 11.1. The van der Waals surface area contributed by atoms with Crippen LogP contribution in [-0.4, -0.2) is 40.7 Å². The third kappa shape index (κ3) is 3.96. The smallest absolute Gasteiger partial charge is 0.318 e. The fraction of sp³-hybridized carbons (Fsp3) is 0.667. The van der Waals surface area contributed by atoms with Crippen molar-refractivity contribution < 1.29 is 9.90 Å². The lowest BCUT2D eigenvalue weighted by Gasteiger charge is -2.22. The molecule has 0 spiro atoms. The number of aromatic nitrogens is 1. The summed E-state index contributed by atoms with van der Waals surface area (Å²) in [5.41, 5.74) is 0. The predicted octanol–water partition coefficient (Wildman–Crippen LogP) is 1.79. The van der Waals surface area contributed by atoms with E-state index in [1.807, 2.05) is 20.0 Å². The Kier molecular flexibility index (Phi) is 6.07. The van der Waals surface area contributed by atoms with Crippen molar-refractivity contribution in [1.29, 1.82) is 0 Å². The molecule has 0 aliphatic rings. The molecule has 1 aromatic rings. The molecule has 0 saturated carbocycles. The summed E-state index contributed by atoms with van der Waals surface area (Å²) in [6.07, 6.45) is 2.82. The van der Waals surface area contributed by atoms with Gasteiger partial charge in [0.1, 0.15) is 5.01 Å². The van der Waals surface area contributed by atoms with Gasteiger partial charge in [0.2, 0.25) is 0 Å². The lowest BCUT2D eigenvalue weighted by Crippen LogP contribution is -2.42. The molecule has 6 heteroatoms. The highest BCUT2D eigenvalue weighted by Crippen LogP contribution is 2.20. The van der Waals surface area contributed by atoms with E-state index in [1.165, 1.54) is 4.88 Å². The number of aliphatic hydroxyl groups is 1. The van der Waals surface area contributed by atoms with Crippen molar-refractivity contribution >= 4 is 17.4 Å². The average Bonchev–Trinajstić information content (AvgIpc) is 2.84. The van der Waals surface area contributed by atoms with Crippen LogP contribution in [0.25, 0.3) is 0 Å². The summed E-state index contributed by atoms with van der Waals surface area (Å²) in [5, 5.41) is 12.7. The second-order valence-electron chi connectivity index (χ2n) is 3.99. The van der Waals surface area contributed by atoms with Gasteiger partial charge < -0.3 is 15.3 Å². The third-order valence-electron chi connectivity index (χ3n) is 2.67. The first-order valence-corrected chi connectivity index (χ1v) is 7.04. The van der Waals surface area contributed by atoms with E-state index in [4.69, 9.17) is 5.11 Å². The van der Waals surface area contributed by atoms with Crippen molar-refractivity contribution in [3.63, 3.8) is 0 Å². The molecule has 1 aromatic heterocycles. The first-order valence-electron chi connectivity index (χ1n) is 6.23. The predicted molar refractivity (Wildman–Crippen MR) is 72.8 cm³/mol. The number of thiazole rings is 1. The Balaban J connectivity index is 2.57. The molecule has 2 N–H and O–H groups in total. The molecule has 1 atom stereocenters. The Morgan fingerprint density at radius 2 is 2.33 bits per heavy atom. The number of carbonyl (C=O) groups is 1. The fourth-order valence-corrected chi connectivity index (χ4v) is 2.41. The van der Waals surface area contributed by atoms with Crippen LogP contribution < -0.4 is 5.32 Å². The van der Waals surface area contributed by atoms with Crippen molar-refractivity contribution in [3.05, 3.63) is 16.1 Å². The van der Waals surface area contributed by atoms with Crippen LogP contribution in [0.3, 0.4) is 0 Å². The van der Waals surface area contributed by atoms with E-state index in [2.05, 4.69) is 17.2 Å². The molecule has 102 valence electrons. The van der Waals surface area contributed by atoms with Crippen molar-refractivity contribution in [3.8, 4) is 0 Å². The number of rotatable bonds is 6. The number of carbonyl (C=O) groups excluding carboxylic acids is 1. The number of aliphatic hydroxyl groups excluding tert-OH is 1. The van der Waals surface area contributed by atoms with Gasteiger partial charge in [0, 0.05) is 24.2 Å². The zero-order valence-corrected chi connectivity index (χ0v) is 12.0. The number of urea groups is 1. The number of nitrogens with zero attached hydrogens (tertiary/aromatic N) is 2. The van der Waals surface area contributed by atoms with Gasteiger partial charge in [0.15, 0.2) is 0 Å². The van der Waals surface area contributed by atoms with Crippen molar-refractivity contribution in [1.82, 2.24) is 15.2 Å². The third-order valence-corrected chi connectivity index (χ3v) is 3.99. The number of likely N-dealkylation sites (N-methyl/N-ethyl adjacent to an activating group) is 1. The monoisotopic (exact) mass is 271 g/mol. The summed E-state index contributed by atoms with van der Waals surface area (Å²) >= 11 is 1.62. The SMILES string of the molecule is CCc1cnc(C(C)NC(=O)N(CC)CCO)s1. The highest BCUT2D eigenvalue weighted by atomic mass is 32.1. The maximum Gasteiger partial charge on any atom is 0.318 e. The number of aryl methyl sites for hydroxylation is 1. The topological polar surface area (TPSA) is 65.5 Å². The molecule has 0 bridgehead atoms. The van der Waals surface area contributed by atoms with Gasteiger partial charge >= 0.3 is 6.03 Å². The number of nitrogens with one attached hydrogen (secondary N) is 1. The quantitative estimate of drug-likeness (QED) is 0.829. The van der Waals surface area contributed by atoms with E-state index >= 15 is 0 Å². The molecule has 1 heterocycles. The molecular formula is C12H21N3O2S. The second kappa shape index (κ2) is 7.33. The van der Waals surface area contributed by atoms with Gasteiger partial charge in [-0.3, -0.25) is 0 Å². The highest BCUT2D eigenvalue weighted by molar-refractivity contribution is 7.11. The first kappa shape index (κ1) is 14.9. The summed E-state index contributed by atoms with van der Waals surface area (Å²) in [6.45, 7) is 6.80. The van der Waals surface area contributed by atoms with Crippen molar-refractivity contribution in [2.24, 2.45) is 0 Å². The van der Waals surface area contributed by atoms with Crippen LogP contribution in [0.4, 0.5) is 4.79 Å². The van der Waals surface area contributed by atoms with E-state index in [0.29, 0.717) is 13.1 Å². The summed E-state index contributed by atoms with van der Waals surface area (Å²) in [6, 6.07) is -0.261. The van der Waals surface area contributed by atoms with Gasteiger partial charge in [0.05, 0.1) is 12.6 Å². The van der Waals surface area contributed by atoms with Gasteiger partial charge in [-0.1, -0.05) is 6.92 Å². The van der Waals surface area contributed by atoms with E-state index in [1.54, 1.807) is 16.2 Å². The van der Waals surface area contributed by atoms with Gasteiger partial charge in [-0.15, -0.1) is 11.3 Å². The molecule has 0 aliphatic carbocycles. The molecule has 0 saturated heterocycles. The molecular weight excluding hydrogens is 250 g/mol. The number of amides is 2. The lowest BCUT2D eigenvalue weighted by atomic mass is 10.3. The van der Waals surface area contributed by atoms with Crippen LogP contribution in [0.1, 0.15) is 36.7 Å². The Hall–Kier alpha value is -1.14. The molecule has 1 unspecified atom stereocenters. The van der Waals surface area contributed by atoms with Crippen LogP contribution in [0.15, 0.2) is 6.20 Å². The lowest BCUT2D eigenvalue weighted by molar-refractivity contribution is 0.178. The van der Waals surface area contributed by atoms with E-state index in [0.717, 1.165) is 11.4 Å². The minimum Gasteiger partial charge on any atom is -0.395 e. The zero-order chi connectivity index (χ0) is 13.5. The Morgan fingerprint density at radius 3 is 2.83 bits per heavy atom.